The number of benzene rings is 1. The third kappa shape index (κ3) is 4.64. The van der Waals surface area contributed by atoms with Gasteiger partial charge in [0.05, 0.1) is 24.2 Å². The quantitative estimate of drug-likeness (QED) is 0.680. The van der Waals surface area contributed by atoms with E-state index in [-0.39, 0.29) is 11.2 Å². The Morgan fingerprint density at radius 1 is 1.03 bits per heavy atom. The van der Waals surface area contributed by atoms with Gasteiger partial charge in [-0.05, 0) is 38.3 Å². The molecule has 0 bridgehead atoms. The molecular weight excluding hydrogens is 398 g/mol. The fourth-order valence-corrected chi connectivity index (χ4v) is 5.03. The summed E-state index contributed by atoms with van der Waals surface area (Å²) in [6.07, 6.45) is 4.64. The lowest BCUT2D eigenvalue weighted by molar-refractivity contribution is -0.130. The molecule has 0 radical (unpaired) electrons. The molecule has 1 aromatic carbocycles. The molecule has 2 fully saturated rings. The van der Waals surface area contributed by atoms with Crippen molar-refractivity contribution in [3.8, 4) is 5.69 Å². The smallest absolute Gasteiger partial charge is 0.235 e. The van der Waals surface area contributed by atoms with Crippen molar-refractivity contribution >= 4 is 23.6 Å². The Labute approximate surface area is 182 Å². The number of aromatic nitrogens is 3. The molecule has 7 nitrogen and oxygen atoms in total. The van der Waals surface area contributed by atoms with E-state index >= 15 is 0 Å². The molecule has 0 aliphatic carbocycles. The molecule has 8 heteroatoms. The van der Waals surface area contributed by atoms with Gasteiger partial charge in [-0.15, -0.1) is 10.2 Å². The molecule has 1 aromatic heterocycles. The van der Waals surface area contributed by atoms with Crippen molar-refractivity contribution in [2.45, 2.75) is 49.9 Å². The fraction of sp³-hybridized carbons (Fsp3) is 0.591. The Hall–Kier alpha value is -2.06. The van der Waals surface area contributed by atoms with E-state index in [0.29, 0.717) is 13.2 Å². The minimum atomic E-state index is -0.201. The maximum absolute atomic E-state index is 13.1. The topological polar surface area (TPSA) is 63.5 Å². The first kappa shape index (κ1) is 21.2. The number of hydrogen-bond donors (Lipinski definition) is 0. The van der Waals surface area contributed by atoms with E-state index in [0.717, 1.165) is 61.4 Å². The second-order valence-electron chi connectivity index (χ2n) is 8.00. The number of rotatable bonds is 5. The number of likely N-dealkylation sites (tertiary alicyclic amines) is 1. The first-order chi connectivity index (χ1) is 14.6. The zero-order valence-corrected chi connectivity index (χ0v) is 18.7. The summed E-state index contributed by atoms with van der Waals surface area (Å²) in [5.74, 6) is 1.03. The Morgan fingerprint density at radius 3 is 2.43 bits per heavy atom. The van der Waals surface area contributed by atoms with Gasteiger partial charge in [0.1, 0.15) is 0 Å². The van der Waals surface area contributed by atoms with Gasteiger partial charge in [0.15, 0.2) is 5.16 Å². The van der Waals surface area contributed by atoms with Crippen LogP contribution in [0.15, 0.2) is 29.4 Å². The number of morpholine rings is 1. The number of para-hydroxylation sites is 1. The molecule has 4 rings (SSSR count). The first-order valence-corrected chi connectivity index (χ1v) is 11.8. The molecular formula is C22H31N5O2S. The van der Waals surface area contributed by atoms with E-state index in [1.807, 2.05) is 24.0 Å². The number of amides is 1. The zero-order chi connectivity index (χ0) is 20.9. The van der Waals surface area contributed by atoms with Crippen LogP contribution in [0.2, 0.25) is 0 Å². The number of carbonyl (C=O) groups excluding carboxylic acids is 1. The van der Waals surface area contributed by atoms with Crippen LogP contribution in [0.5, 0.6) is 0 Å². The van der Waals surface area contributed by atoms with Gasteiger partial charge in [-0.1, -0.05) is 42.8 Å². The van der Waals surface area contributed by atoms with Gasteiger partial charge in [-0.3, -0.25) is 9.36 Å². The minimum absolute atomic E-state index is 0.201. The number of thioether (sulfide) groups is 1. The van der Waals surface area contributed by atoms with E-state index in [1.165, 1.54) is 24.6 Å². The van der Waals surface area contributed by atoms with Gasteiger partial charge >= 0.3 is 0 Å². The van der Waals surface area contributed by atoms with Crippen LogP contribution in [0.1, 0.15) is 38.2 Å². The third-order valence-electron chi connectivity index (χ3n) is 5.81. The van der Waals surface area contributed by atoms with Crippen LogP contribution in [0.4, 0.5) is 5.95 Å². The average molecular weight is 430 g/mol. The van der Waals surface area contributed by atoms with Crippen molar-refractivity contribution in [2.24, 2.45) is 0 Å². The second kappa shape index (κ2) is 9.83. The highest BCUT2D eigenvalue weighted by Crippen LogP contribution is 2.31. The van der Waals surface area contributed by atoms with Crippen LogP contribution in [0.25, 0.3) is 5.69 Å². The molecule has 3 heterocycles. The summed E-state index contributed by atoms with van der Waals surface area (Å²) < 4.78 is 7.62. The fourth-order valence-electron chi connectivity index (χ4n) is 4.09. The van der Waals surface area contributed by atoms with Gasteiger partial charge in [0.2, 0.25) is 11.9 Å². The van der Waals surface area contributed by atoms with Crippen LogP contribution in [-0.4, -0.2) is 70.2 Å². The van der Waals surface area contributed by atoms with Crippen molar-refractivity contribution in [1.29, 1.82) is 0 Å². The molecule has 1 atom stereocenters. The van der Waals surface area contributed by atoms with E-state index < -0.39 is 0 Å². The third-order valence-corrected chi connectivity index (χ3v) is 6.84. The summed E-state index contributed by atoms with van der Waals surface area (Å²) in [5.41, 5.74) is 2.21. The maximum Gasteiger partial charge on any atom is 0.235 e. The van der Waals surface area contributed by atoms with E-state index in [2.05, 4.69) is 38.7 Å². The normalized spacial score (nSPS) is 18.9. The number of aryl methyl sites for hydroxylation is 1. The highest BCUT2D eigenvalue weighted by molar-refractivity contribution is 8.00. The standard InChI is InChI=1S/C22H31N5O2S/c1-17-9-5-6-10-19(17)27-21(26-13-15-29-16-14-26)23-24-22(27)30-18(2)20(28)25-11-7-3-4-8-12-25/h5-6,9-10,18H,3-4,7-8,11-16H2,1-2H3. The highest BCUT2D eigenvalue weighted by atomic mass is 32.2. The van der Waals surface area contributed by atoms with Gasteiger partial charge in [-0.25, -0.2) is 0 Å². The molecule has 0 spiro atoms. The van der Waals surface area contributed by atoms with Gasteiger partial charge < -0.3 is 14.5 Å². The number of ether oxygens (including phenoxy) is 1. The Morgan fingerprint density at radius 2 is 1.73 bits per heavy atom. The van der Waals surface area contributed by atoms with Crippen LogP contribution >= 0.6 is 11.8 Å². The van der Waals surface area contributed by atoms with E-state index in [4.69, 9.17) is 4.74 Å². The number of carbonyl (C=O) groups is 1. The lowest BCUT2D eigenvalue weighted by Gasteiger charge is -2.28. The molecule has 2 aromatic rings. The summed E-state index contributed by atoms with van der Waals surface area (Å²) >= 11 is 1.51. The molecule has 1 unspecified atom stereocenters. The summed E-state index contributed by atoms with van der Waals surface area (Å²) in [4.78, 5) is 17.3. The molecule has 0 N–H and O–H groups in total. The maximum atomic E-state index is 13.1. The Bertz CT molecular complexity index is 857. The van der Waals surface area contributed by atoms with Crippen LogP contribution in [-0.2, 0) is 9.53 Å². The van der Waals surface area contributed by atoms with E-state index in [1.54, 1.807) is 0 Å². The minimum Gasteiger partial charge on any atom is -0.378 e. The SMILES string of the molecule is Cc1ccccc1-n1c(SC(C)C(=O)N2CCCCCC2)nnc1N1CCOCC1. The van der Waals surface area contributed by atoms with Crippen molar-refractivity contribution < 1.29 is 9.53 Å². The first-order valence-electron chi connectivity index (χ1n) is 10.9. The largest absolute Gasteiger partial charge is 0.378 e. The van der Waals surface area contributed by atoms with E-state index in [9.17, 15) is 4.79 Å². The van der Waals surface area contributed by atoms with Crippen LogP contribution in [0.3, 0.4) is 0 Å². The van der Waals surface area contributed by atoms with Crippen LogP contribution < -0.4 is 4.90 Å². The molecule has 2 aliphatic heterocycles. The molecule has 0 saturated carbocycles. The van der Waals surface area contributed by atoms with Crippen molar-refractivity contribution in [3.63, 3.8) is 0 Å². The van der Waals surface area contributed by atoms with Crippen LogP contribution in [0, 0.1) is 6.92 Å². The number of anilines is 1. The van der Waals surface area contributed by atoms with Crippen molar-refractivity contribution in [3.05, 3.63) is 29.8 Å². The molecule has 1 amide bonds. The predicted molar refractivity (Wildman–Crippen MR) is 119 cm³/mol. The van der Waals surface area contributed by atoms with Crippen molar-refractivity contribution in [1.82, 2.24) is 19.7 Å². The second-order valence-corrected chi connectivity index (χ2v) is 9.31. The Kier molecular flexibility index (Phi) is 6.94. The molecule has 162 valence electrons. The molecule has 2 aliphatic rings. The van der Waals surface area contributed by atoms with Gasteiger partial charge in [0.25, 0.3) is 0 Å². The van der Waals surface area contributed by atoms with Crippen molar-refractivity contribution in [2.75, 3.05) is 44.3 Å². The monoisotopic (exact) mass is 429 g/mol. The van der Waals surface area contributed by atoms with Gasteiger partial charge in [-0.2, -0.15) is 0 Å². The number of nitrogens with zero attached hydrogens (tertiary/aromatic N) is 5. The lowest BCUT2D eigenvalue weighted by atomic mass is 10.2. The molecule has 2 saturated heterocycles. The highest BCUT2D eigenvalue weighted by Gasteiger charge is 2.27. The lowest BCUT2D eigenvalue weighted by Crippen LogP contribution is -2.38. The summed E-state index contributed by atoms with van der Waals surface area (Å²) in [5, 5.41) is 9.62. The summed E-state index contributed by atoms with van der Waals surface area (Å²) in [7, 11) is 0. The Balaban J connectivity index is 1.61. The van der Waals surface area contributed by atoms with Gasteiger partial charge in [0, 0.05) is 26.2 Å². The average Bonchev–Trinajstić information content (AvgIpc) is 2.98. The summed E-state index contributed by atoms with van der Waals surface area (Å²) in [6.45, 7) is 8.77. The predicted octanol–water partition coefficient (Wildman–Crippen LogP) is 3.30. The molecule has 30 heavy (non-hydrogen) atoms. The number of hydrogen-bond acceptors (Lipinski definition) is 6. The summed E-state index contributed by atoms with van der Waals surface area (Å²) in [6, 6.07) is 8.26. The zero-order valence-electron chi connectivity index (χ0n) is 17.9.